The van der Waals surface area contributed by atoms with Crippen LogP contribution in [0.1, 0.15) is 87.5 Å². The molecule has 0 heterocycles. The van der Waals surface area contributed by atoms with Gasteiger partial charge in [-0.1, -0.05) is 89.1 Å². The van der Waals surface area contributed by atoms with Crippen LogP contribution >= 0.6 is 23.5 Å². The topological polar surface area (TPSA) is 0 Å². The monoisotopic (exact) mass is 512 g/mol. The third-order valence-corrected chi connectivity index (χ3v) is 9.04. The largest absolute Gasteiger partial charge is 0.129 e. The molecule has 0 aliphatic carbocycles. The summed E-state index contributed by atoms with van der Waals surface area (Å²) in [5, 5.41) is 5.33. The Morgan fingerprint density at radius 3 is 1.36 bits per heavy atom. The van der Waals surface area contributed by atoms with Gasteiger partial charge in [0, 0.05) is 9.79 Å². The van der Waals surface area contributed by atoms with Gasteiger partial charge < -0.3 is 0 Å². The molecule has 0 aliphatic heterocycles. The second-order valence-corrected chi connectivity index (χ2v) is 11.8. The van der Waals surface area contributed by atoms with E-state index in [2.05, 4.69) is 113 Å². The number of rotatable bonds is 10. The van der Waals surface area contributed by atoms with Crippen molar-refractivity contribution >= 4 is 57.2 Å². The number of benzene rings is 4. The number of hydrogen-bond donors (Lipinski definition) is 0. The zero-order chi connectivity index (χ0) is 25.7. The van der Waals surface area contributed by atoms with Gasteiger partial charge in [-0.3, -0.25) is 0 Å². The van der Waals surface area contributed by atoms with Gasteiger partial charge in [-0.05, 0) is 105 Å². The SMILES string of the molecule is CCCC(C)c1ccc2cc(C=Cc3cc4ccc(C(C)CCC)cc4cc3SC)c(SC)cc2c1. The molecule has 0 spiro atoms. The lowest BCUT2D eigenvalue weighted by Gasteiger charge is -2.14. The van der Waals surface area contributed by atoms with E-state index in [1.165, 1.54) is 79.3 Å². The molecule has 0 aliphatic rings. The summed E-state index contributed by atoms with van der Waals surface area (Å²) < 4.78 is 0. The molecule has 0 aromatic heterocycles. The van der Waals surface area contributed by atoms with Crippen LogP contribution in [-0.4, -0.2) is 12.5 Å². The van der Waals surface area contributed by atoms with Crippen molar-refractivity contribution in [3.05, 3.63) is 82.9 Å². The zero-order valence-corrected chi connectivity index (χ0v) is 24.4. The molecule has 2 atom stereocenters. The van der Waals surface area contributed by atoms with Crippen molar-refractivity contribution in [2.75, 3.05) is 12.5 Å². The Morgan fingerprint density at radius 1 is 0.583 bits per heavy atom. The van der Waals surface area contributed by atoms with Crippen molar-refractivity contribution in [3.63, 3.8) is 0 Å². The predicted octanol–water partition coefficient (Wildman–Crippen LogP) is 11.4. The molecule has 4 rings (SSSR count). The number of fused-ring (bicyclic) bond motifs is 2. The molecule has 0 amide bonds. The molecule has 0 saturated heterocycles. The van der Waals surface area contributed by atoms with E-state index in [0.717, 1.165) is 0 Å². The van der Waals surface area contributed by atoms with Crippen LogP contribution in [0.4, 0.5) is 0 Å². The molecular weight excluding hydrogens is 473 g/mol. The molecule has 0 N–H and O–H groups in total. The van der Waals surface area contributed by atoms with Crippen LogP contribution in [0.15, 0.2) is 70.5 Å². The third-order valence-electron chi connectivity index (χ3n) is 7.45. The van der Waals surface area contributed by atoms with Crippen molar-refractivity contribution in [1.29, 1.82) is 0 Å². The van der Waals surface area contributed by atoms with Crippen molar-refractivity contribution < 1.29 is 0 Å². The minimum Gasteiger partial charge on any atom is -0.129 e. The van der Waals surface area contributed by atoms with Gasteiger partial charge >= 0.3 is 0 Å². The van der Waals surface area contributed by atoms with Gasteiger partial charge in [0.05, 0.1) is 0 Å². The summed E-state index contributed by atoms with van der Waals surface area (Å²) in [6.45, 7) is 9.23. The first-order chi connectivity index (χ1) is 17.5. The highest BCUT2D eigenvalue weighted by Crippen LogP contribution is 2.34. The molecule has 0 bridgehead atoms. The first-order valence-electron chi connectivity index (χ1n) is 13.4. The standard InChI is InChI=1S/C34H40S2/c1-7-9-23(3)25-11-13-27-19-29(33(35-5)21-31(27)17-25)15-16-30-20-28-14-12-26(24(4)10-8-2)18-32(28)22-34(30)36-6/h11-24H,7-10H2,1-6H3. The lowest BCUT2D eigenvalue weighted by Crippen LogP contribution is -1.93. The summed E-state index contributed by atoms with van der Waals surface area (Å²) in [5.74, 6) is 1.22. The van der Waals surface area contributed by atoms with Gasteiger partial charge in [0.15, 0.2) is 0 Å². The first kappa shape index (κ1) is 26.9. The molecule has 4 aromatic carbocycles. The molecular formula is C34H40S2. The number of thioether (sulfide) groups is 2. The highest BCUT2D eigenvalue weighted by molar-refractivity contribution is 7.99. The van der Waals surface area contributed by atoms with Crippen LogP contribution in [0.5, 0.6) is 0 Å². The van der Waals surface area contributed by atoms with E-state index >= 15 is 0 Å². The Labute approximate surface area is 227 Å². The smallest absolute Gasteiger partial charge is 0.0148 e. The average Bonchev–Trinajstić information content (AvgIpc) is 2.90. The molecule has 2 heteroatoms. The van der Waals surface area contributed by atoms with E-state index in [9.17, 15) is 0 Å². The molecule has 2 unspecified atom stereocenters. The Morgan fingerprint density at radius 2 is 1.00 bits per heavy atom. The summed E-state index contributed by atoms with van der Waals surface area (Å²) in [4.78, 5) is 2.67. The highest BCUT2D eigenvalue weighted by atomic mass is 32.2. The van der Waals surface area contributed by atoms with E-state index in [-0.39, 0.29) is 0 Å². The van der Waals surface area contributed by atoms with Crippen LogP contribution in [0.3, 0.4) is 0 Å². The Bertz CT molecular complexity index is 1260. The minimum atomic E-state index is 0.612. The van der Waals surface area contributed by atoms with E-state index in [0.29, 0.717) is 11.8 Å². The Kier molecular flexibility index (Phi) is 9.25. The van der Waals surface area contributed by atoms with Crippen LogP contribution in [-0.2, 0) is 0 Å². The van der Waals surface area contributed by atoms with Gasteiger partial charge in [0.1, 0.15) is 0 Å². The average molecular weight is 513 g/mol. The normalized spacial score (nSPS) is 13.6. The van der Waals surface area contributed by atoms with Gasteiger partial charge in [-0.15, -0.1) is 23.5 Å². The van der Waals surface area contributed by atoms with Gasteiger partial charge in [0.25, 0.3) is 0 Å². The maximum atomic E-state index is 2.40. The van der Waals surface area contributed by atoms with Crippen molar-refractivity contribution in [1.82, 2.24) is 0 Å². The molecule has 4 aromatic rings. The summed E-state index contributed by atoms with van der Waals surface area (Å²) in [7, 11) is 0. The molecule has 0 radical (unpaired) electrons. The summed E-state index contributed by atoms with van der Waals surface area (Å²) in [6.07, 6.45) is 13.9. The summed E-state index contributed by atoms with van der Waals surface area (Å²) in [5.41, 5.74) is 5.49. The van der Waals surface area contributed by atoms with Crippen molar-refractivity contribution in [3.8, 4) is 0 Å². The minimum absolute atomic E-state index is 0.612. The lowest BCUT2D eigenvalue weighted by molar-refractivity contribution is 0.665. The highest BCUT2D eigenvalue weighted by Gasteiger charge is 2.10. The fourth-order valence-electron chi connectivity index (χ4n) is 5.23. The quantitative estimate of drug-likeness (QED) is 0.153. The van der Waals surface area contributed by atoms with E-state index in [4.69, 9.17) is 0 Å². The fraction of sp³-hybridized carbons (Fsp3) is 0.353. The maximum absolute atomic E-state index is 2.40. The van der Waals surface area contributed by atoms with Crippen LogP contribution < -0.4 is 0 Å². The Balaban J connectivity index is 1.69. The maximum Gasteiger partial charge on any atom is 0.0148 e. The van der Waals surface area contributed by atoms with E-state index in [1.807, 2.05) is 23.5 Å². The van der Waals surface area contributed by atoms with Gasteiger partial charge in [-0.2, -0.15) is 0 Å². The molecule has 0 saturated carbocycles. The second kappa shape index (κ2) is 12.4. The molecule has 188 valence electrons. The fourth-order valence-corrected chi connectivity index (χ4v) is 6.45. The lowest BCUT2D eigenvalue weighted by atomic mass is 9.93. The Hall–Kier alpha value is -2.16. The van der Waals surface area contributed by atoms with Gasteiger partial charge in [-0.25, -0.2) is 0 Å². The zero-order valence-electron chi connectivity index (χ0n) is 22.7. The van der Waals surface area contributed by atoms with E-state index < -0.39 is 0 Å². The molecule has 0 nitrogen and oxygen atoms in total. The first-order valence-corrected chi connectivity index (χ1v) is 15.8. The molecule has 0 fully saturated rings. The number of hydrogen-bond acceptors (Lipinski definition) is 2. The predicted molar refractivity (Wildman–Crippen MR) is 167 cm³/mol. The van der Waals surface area contributed by atoms with Crippen LogP contribution in [0, 0.1) is 0 Å². The van der Waals surface area contributed by atoms with E-state index in [1.54, 1.807) is 0 Å². The van der Waals surface area contributed by atoms with Crippen LogP contribution in [0.25, 0.3) is 33.7 Å². The van der Waals surface area contributed by atoms with Crippen molar-refractivity contribution in [2.24, 2.45) is 0 Å². The molecule has 36 heavy (non-hydrogen) atoms. The third kappa shape index (κ3) is 6.03. The second-order valence-electron chi connectivity index (χ2n) is 10.1. The van der Waals surface area contributed by atoms with Crippen LogP contribution in [0.2, 0.25) is 0 Å². The summed E-state index contributed by atoms with van der Waals surface area (Å²) in [6, 6.07) is 23.5. The summed E-state index contributed by atoms with van der Waals surface area (Å²) >= 11 is 3.67. The van der Waals surface area contributed by atoms with Gasteiger partial charge in [0.2, 0.25) is 0 Å². The van der Waals surface area contributed by atoms with Crippen molar-refractivity contribution in [2.45, 2.75) is 75.0 Å².